The van der Waals surface area contributed by atoms with E-state index in [9.17, 15) is 4.79 Å². The zero-order chi connectivity index (χ0) is 20.9. The van der Waals surface area contributed by atoms with Crippen molar-refractivity contribution < 1.29 is 4.79 Å². The van der Waals surface area contributed by atoms with Crippen molar-refractivity contribution in [2.24, 2.45) is 0 Å². The van der Waals surface area contributed by atoms with Gasteiger partial charge in [-0.2, -0.15) is 0 Å². The largest absolute Gasteiger partial charge is 0.349 e. The van der Waals surface area contributed by atoms with Gasteiger partial charge in [0.05, 0.1) is 11.2 Å². The number of anilines is 1. The molecule has 30 heavy (non-hydrogen) atoms. The van der Waals surface area contributed by atoms with Crippen LogP contribution in [0.5, 0.6) is 0 Å². The van der Waals surface area contributed by atoms with E-state index in [1.807, 2.05) is 6.07 Å². The molecule has 0 saturated carbocycles. The van der Waals surface area contributed by atoms with Crippen molar-refractivity contribution >= 4 is 23.5 Å². The summed E-state index contributed by atoms with van der Waals surface area (Å²) < 4.78 is 0. The van der Waals surface area contributed by atoms with Crippen molar-refractivity contribution in [3.05, 3.63) is 52.8 Å². The Kier molecular flexibility index (Phi) is 6.82. The summed E-state index contributed by atoms with van der Waals surface area (Å²) in [6.07, 6.45) is 3.78. The second-order valence-corrected chi connectivity index (χ2v) is 8.45. The van der Waals surface area contributed by atoms with Crippen LogP contribution in [0.1, 0.15) is 34.9 Å². The number of aromatic nitrogens is 2. The van der Waals surface area contributed by atoms with E-state index in [0.29, 0.717) is 18.5 Å². The maximum absolute atomic E-state index is 12.7. The summed E-state index contributed by atoms with van der Waals surface area (Å²) in [7, 11) is 2.16. The summed E-state index contributed by atoms with van der Waals surface area (Å²) in [4.78, 5) is 28.4. The lowest BCUT2D eigenvalue weighted by Crippen LogP contribution is -2.49. The molecular formula is C22H29ClN6O. The van der Waals surface area contributed by atoms with Gasteiger partial charge in [0, 0.05) is 51.9 Å². The Morgan fingerprint density at radius 3 is 2.70 bits per heavy atom. The molecule has 1 atom stereocenters. The minimum absolute atomic E-state index is 0.242. The summed E-state index contributed by atoms with van der Waals surface area (Å²) in [6, 6.07) is 10.9. The van der Waals surface area contributed by atoms with Gasteiger partial charge in [-0.25, -0.2) is 9.97 Å². The first-order chi connectivity index (χ1) is 14.6. The lowest BCUT2D eigenvalue weighted by molar-refractivity contribution is 0.0840. The van der Waals surface area contributed by atoms with Gasteiger partial charge in [-0.05, 0) is 25.5 Å². The third kappa shape index (κ3) is 4.91. The maximum Gasteiger partial charge on any atom is 0.271 e. The van der Waals surface area contributed by atoms with Gasteiger partial charge in [0.1, 0.15) is 0 Å². The second kappa shape index (κ2) is 9.73. The summed E-state index contributed by atoms with van der Waals surface area (Å²) in [5, 5.41) is 3.29. The molecule has 2 aliphatic rings. The van der Waals surface area contributed by atoms with Gasteiger partial charge in [0.15, 0.2) is 5.69 Å². The van der Waals surface area contributed by atoms with E-state index >= 15 is 0 Å². The fraction of sp³-hybridized carbons (Fsp3) is 0.500. The number of carbonyl (C=O) groups excluding carboxylic acids is 1. The van der Waals surface area contributed by atoms with Gasteiger partial charge in [-0.1, -0.05) is 41.9 Å². The molecule has 1 amide bonds. The van der Waals surface area contributed by atoms with Gasteiger partial charge >= 0.3 is 0 Å². The minimum Gasteiger partial charge on any atom is -0.349 e. The first kappa shape index (κ1) is 21.0. The molecule has 2 fully saturated rings. The number of piperazine rings is 1. The number of amides is 1. The number of hydrogen-bond acceptors (Lipinski definition) is 6. The van der Waals surface area contributed by atoms with Gasteiger partial charge in [-0.3, -0.25) is 9.69 Å². The maximum atomic E-state index is 12.7. The molecule has 0 bridgehead atoms. The molecule has 1 unspecified atom stereocenters. The van der Waals surface area contributed by atoms with Crippen LogP contribution in [0.3, 0.4) is 0 Å². The van der Waals surface area contributed by atoms with Crippen LogP contribution in [0.25, 0.3) is 0 Å². The van der Waals surface area contributed by atoms with Crippen molar-refractivity contribution in [2.45, 2.75) is 18.9 Å². The number of carbonyl (C=O) groups is 1. The quantitative estimate of drug-likeness (QED) is 0.762. The number of nitrogens with zero attached hydrogens (tertiary/aromatic N) is 5. The SMILES string of the molecule is CN1CCN(CCNC(=O)c2nc(N3CCCC3)ncc2Cl)C(c2ccccc2)C1. The zero-order valence-corrected chi connectivity index (χ0v) is 18.2. The normalized spacial score (nSPS) is 20.5. The Labute approximate surface area is 183 Å². The zero-order valence-electron chi connectivity index (χ0n) is 17.4. The topological polar surface area (TPSA) is 64.6 Å². The molecule has 160 valence electrons. The van der Waals surface area contributed by atoms with Crippen LogP contribution in [0.2, 0.25) is 5.02 Å². The third-order valence-corrected chi connectivity index (χ3v) is 6.18. The first-order valence-electron chi connectivity index (χ1n) is 10.6. The summed E-state index contributed by atoms with van der Waals surface area (Å²) in [6.45, 7) is 6.15. The van der Waals surface area contributed by atoms with Crippen LogP contribution in [-0.4, -0.2) is 78.5 Å². The Balaban J connectivity index is 1.37. The second-order valence-electron chi connectivity index (χ2n) is 8.04. The predicted octanol–water partition coefficient (Wildman–Crippen LogP) is 2.45. The van der Waals surface area contributed by atoms with E-state index in [0.717, 1.165) is 52.1 Å². The molecule has 2 aliphatic heterocycles. The van der Waals surface area contributed by atoms with E-state index in [1.54, 1.807) is 0 Å². The molecule has 0 aliphatic carbocycles. The highest BCUT2D eigenvalue weighted by Crippen LogP contribution is 2.24. The van der Waals surface area contributed by atoms with E-state index in [4.69, 9.17) is 11.6 Å². The molecular weight excluding hydrogens is 400 g/mol. The Morgan fingerprint density at radius 1 is 1.17 bits per heavy atom. The molecule has 0 spiro atoms. The van der Waals surface area contributed by atoms with Crippen molar-refractivity contribution in [1.29, 1.82) is 0 Å². The first-order valence-corrected chi connectivity index (χ1v) is 11.0. The highest BCUT2D eigenvalue weighted by atomic mass is 35.5. The van der Waals surface area contributed by atoms with Crippen molar-refractivity contribution in [2.75, 3.05) is 57.8 Å². The van der Waals surface area contributed by atoms with Crippen LogP contribution < -0.4 is 10.2 Å². The number of benzene rings is 1. The van der Waals surface area contributed by atoms with Gasteiger partial charge in [-0.15, -0.1) is 0 Å². The van der Waals surface area contributed by atoms with Crippen LogP contribution in [0.4, 0.5) is 5.95 Å². The molecule has 2 saturated heterocycles. The molecule has 3 heterocycles. The van der Waals surface area contributed by atoms with E-state index in [1.165, 1.54) is 11.8 Å². The molecule has 1 aromatic heterocycles. The van der Waals surface area contributed by atoms with Crippen LogP contribution in [-0.2, 0) is 0 Å². The average Bonchev–Trinajstić information content (AvgIpc) is 3.30. The van der Waals surface area contributed by atoms with Crippen molar-refractivity contribution in [3.8, 4) is 0 Å². The number of halogens is 1. The molecule has 4 rings (SSSR count). The molecule has 1 aromatic carbocycles. The Hall–Kier alpha value is -2.22. The Morgan fingerprint density at radius 2 is 1.93 bits per heavy atom. The summed E-state index contributed by atoms with van der Waals surface area (Å²) in [5.74, 6) is 0.346. The smallest absolute Gasteiger partial charge is 0.271 e. The molecule has 0 radical (unpaired) electrons. The minimum atomic E-state index is -0.242. The van der Waals surface area contributed by atoms with Gasteiger partial charge in [0.25, 0.3) is 5.91 Å². The van der Waals surface area contributed by atoms with Crippen molar-refractivity contribution in [1.82, 2.24) is 25.1 Å². The summed E-state index contributed by atoms with van der Waals surface area (Å²) in [5.41, 5.74) is 1.57. The van der Waals surface area contributed by atoms with Crippen LogP contribution in [0.15, 0.2) is 36.5 Å². The fourth-order valence-corrected chi connectivity index (χ4v) is 4.38. The standard InChI is InChI=1S/C22H29ClN6O/c1-27-13-14-28(19(16-27)17-7-3-2-4-8-17)12-9-24-21(30)20-18(23)15-25-22(26-20)29-10-5-6-11-29/h2-4,7-8,15,19H,5-6,9-14,16H2,1H3,(H,24,30). The van der Waals surface area contributed by atoms with Crippen LogP contribution in [0, 0.1) is 0 Å². The fourth-order valence-electron chi connectivity index (χ4n) is 4.20. The lowest BCUT2D eigenvalue weighted by Gasteiger charge is -2.40. The molecule has 2 aromatic rings. The average molecular weight is 429 g/mol. The monoisotopic (exact) mass is 428 g/mol. The van der Waals surface area contributed by atoms with E-state index in [2.05, 4.69) is 61.3 Å². The number of likely N-dealkylation sites (N-methyl/N-ethyl adjacent to an activating group) is 1. The molecule has 8 heteroatoms. The summed E-state index contributed by atoms with van der Waals surface area (Å²) >= 11 is 6.22. The van der Waals surface area contributed by atoms with Gasteiger partial charge < -0.3 is 15.1 Å². The highest BCUT2D eigenvalue weighted by molar-refractivity contribution is 6.33. The highest BCUT2D eigenvalue weighted by Gasteiger charge is 2.26. The van der Waals surface area contributed by atoms with E-state index < -0.39 is 0 Å². The predicted molar refractivity (Wildman–Crippen MR) is 119 cm³/mol. The van der Waals surface area contributed by atoms with Gasteiger partial charge in [0.2, 0.25) is 5.95 Å². The van der Waals surface area contributed by atoms with Crippen LogP contribution >= 0.6 is 11.6 Å². The Bertz CT molecular complexity index is 858. The number of rotatable bonds is 6. The number of nitrogens with one attached hydrogen (secondary N) is 1. The van der Waals surface area contributed by atoms with E-state index in [-0.39, 0.29) is 16.6 Å². The third-order valence-electron chi connectivity index (χ3n) is 5.90. The molecule has 1 N–H and O–H groups in total. The number of hydrogen-bond donors (Lipinski definition) is 1. The molecule has 7 nitrogen and oxygen atoms in total. The van der Waals surface area contributed by atoms with Crippen molar-refractivity contribution in [3.63, 3.8) is 0 Å². The lowest BCUT2D eigenvalue weighted by atomic mass is 10.0.